The second-order valence-electron chi connectivity index (χ2n) is 3.76. The topological polar surface area (TPSA) is 20.2 Å². The van der Waals surface area contributed by atoms with Crippen molar-refractivity contribution in [2.24, 2.45) is 0 Å². The summed E-state index contributed by atoms with van der Waals surface area (Å²) in [4.78, 5) is 0. The fourth-order valence-electron chi connectivity index (χ4n) is 1.59. The molecule has 0 aliphatic heterocycles. The highest BCUT2D eigenvalue weighted by atomic mass is 79.9. The van der Waals surface area contributed by atoms with E-state index in [1.165, 1.54) is 5.56 Å². The molecule has 1 N–H and O–H groups in total. The summed E-state index contributed by atoms with van der Waals surface area (Å²) in [6.07, 6.45) is 1.53. The van der Waals surface area contributed by atoms with Gasteiger partial charge in [-0.25, -0.2) is 0 Å². The number of halogens is 1. The largest absolute Gasteiger partial charge is 0.388 e. The Morgan fingerprint density at radius 3 is 2.50 bits per heavy atom. The molecule has 0 radical (unpaired) electrons. The Kier molecular flexibility index (Phi) is 4.14. The molecule has 0 fully saturated rings. The normalized spacial score (nSPS) is 12.9. The van der Waals surface area contributed by atoms with Gasteiger partial charge in [-0.05, 0) is 43.0 Å². The van der Waals surface area contributed by atoms with Crippen molar-refractivity contribution in [1.29, 1.82) is 0 Å². The number of hydrogen-bond donors (Lipinski definition) is 1. The number of rotatable bonds is 3. The molecule has 1 rings (SSSR count). The lowest BCUT2D eigenvalue weighted by Gasteiger charge is -2.14. The van der Waals surface area contributed by atoms with E-state index in [1.54, 1.807) is 0 Å². The van der Waals surface area contributed by atoms with Crippen LogP contribution >= 0.6 is 15.9 Å². The average molecular weight is 257 g/mol. The molecule has 14 heavy (non-hydrogen) atoms. The van der Waals surface area contributed by atoms with E-state index in [-0.39, 0.29) is 6.10 Å². The SMILES string of the molecule is CCCC(O)c1cc(C)c(Br)cc1C. The van der Waals surface area contributed by atoms with Crippen LogP contribution in [0.5, 0.6) is 0 Å². The Labute approximate surface area is 94.3 Å². The quantitative estimate of drug-likeness (QED) is 0.870. The molecule has 2 heteroatoms. The molecule has 0 aliphatic carbocycles. The van der Waals surface area contributed by atoms with Crippen molar-refractivity contribution in [3.8, 4) is 0 Å². The van der Waals surface area contributed by atoms with Gasteiger partial charge in [0.2, 0.25) is 0 Å². The van der Waals surface area contributed by atoms with Crippen molar-refractivity contribution in [1.82, 2.24) is 0 Å². The Morgan fingerprint density at radius 2 is 1.93 bits per heavy atom. The summed E-state index contributed by atoms with van der Waals surface area (Å²) in [6.45, 7) is 6.17. The van der Waals surface area contributed by atoms with Gasteiger partial charge in [0.05, 0.1) is 6.10 Å². The number of benzene rings is 1. The van der Waals surface area contributed by atoms with Gasteiger partial charge in [-0.2, -0.15) is 0 Å². The summed E-state index contributed by atoms with van der Waals surface area (Å²) in [5.41, 5.74) is 3.40. The van der Waals surface area contributed by atoms with Gasteiger partial charge in [-0.3, -0.25) is 0 Å². The Hall–Kier alpha value is -0.340. The van der Waals surface area contributed by atoms with E-state index in [0.717, 1.165) is 28.4 Å². The molecule has 0 aromatic heterocycles. The highest BCUT2D eigenvalue weighted by molar-refractivity contribution is 9.10. The Balaban J connectivity index is 3.02. The molecule has 0 spiro atoms. The van der Waals surface area contributed by atoms with Crippen molar-refractivity contribution in [3.05, 3.63) is 33.3 Å². The molecule has 0 bridgehead atoms. The minimum absolute atomic E-state index is 0.313. The highest BCUT2D eigenvalue weighted by Gasteiger charge is 2.10. The molecular weight excluding hydrogens is 240 g/mol. The van der Waals surface area contributed by atoms with Crippen LogP contribution in [0.25, 0.3) is 0 Å². The van der Waals surface area contributed by atoms with E-state index >= 15 is 0 Å². The predicted molar refractivity (Wildman–Crippen MR) is 63.5 cm³/mol. The Bertz CT molecular complexity index is 320. The van der Waals surface area contributed by atoms with Gasteiger partial charge in [0.15, 0.2) is 0 Å². The number of aliphatic hydroxyl groups excluding tert-OH is 1. The number of aliphatic hydroxyl groups is 1. The third-order valence-corrected chi connectivity index (χ3v) is 3.32. The first-order chi connectivity index (χ1) is 6.56. The summed E-state index contributed by atoms with van der Waals surface area (Å²) in [7, 11) is 0. The van der Waals surface area contributed by atoms with Gasteiger partial charge in [-0.1, -0.05) is 35.3 Å². The lowest BCUT2D eigenvalue weighted by molar-refractivity contribution is 0.165. The lowest BCUT2D eigenvalue weighted by Crippen LogP contribution is -2.00. The maximum absolute atomic E-state index is 9.90. The van der Waals surface area contributed by atoms with Gasteiger partial charge >= 0.3 is 0 Å². The molecule has 1 unspecified atom stereocenters. The zero-order valence-corrected chi connectivity index (χ0v) is 10.6. The fraction of sp³-hybridized carbons (Fsp3) is 0.500. The number of hydrogen-bond acceptors (Lipinski definition) is 1. The van der Waals surface area contributed by atoms with Crippen LogP contribution < -0.4 is 0 Å². The summed E-state index contributed by atoms with van der Waals surface area (Å²) in [5.74, 6) is 0. The molecular formula is C12H17BrO. The smallest absolute Gasteiger partial charge is 0.0792 e. The van der Waals surface area contributed by atoms with Crippen LogP contribution in [0.3, 0.4) is 0 Å². The monoisotopic (exact) mass is 256 g/mol. The second-order valence-corrected chi connectivity index (χ2v) is 4.62. The number of aryl methyl sites for hydroxylation is 2. The van der Waals surface area contributed by atoms with Crippen molar-refractivity contribution < 1.29 is 5.11 Å². The molecule has 1 aromatic carbocycles. The van der Waals surface area contributed by atoms with Crippen LogP contribution in [0, 0.1) is 13.8 Å². The zero-order chi connectivity index (χ0) is 10.7. The van der Waals surface area contributed by atoms with E-state index in [9.17, 15) is 5.11 Å². The highest BCUT2D eigenvalue weighted by Crippen LogP contribution is 2.27. The van der Waals surface area contributed by atoms with E-state index in [0.29, 0.717) is 0 Å². The molecule has 0 heterocycles. The van der Waals surface area contributed by atoms with Crippen molar-refractivity contribution in [2.45, 2.75) is 39.7 Å². The van der Waals surface area contributed by atoms with Crippen molar-refractivity contribution in [2.75, 3.05) is 0 Å². The molecule has 0 aliphatic rings. The molecule has 1 atom stereocenters. The molecule has 1 nitrogen and oxygen atoms in total. The second kappa shape index (κ2) is 4.94. The molecule has 0 saturated heterocycles. The molecule has 0 saturated carbocycles. The van der Waals surface area contributed by atoms with E-state index < -0.39 is 0 Å². The molecule has 78 valence electrons. The van der Waals surface area contributed by atoms with Gasteiger partial charge < -0.3 is 5.11 Å². The first kappa shape index (κ1) is 11.7. The minimum atomic E-state index is -0.313. The van der Waals surface area contributed by atoms with E-state index in [2.05, 4.69) is 35.0 Å². The summed E-state index contributed by atoms with van der Waals surface area (Å²) < 4.78 is 1.11. The van der Waals surface area contributed by atoms with Gasteiger partial charge in [0, 0.05) is 4.47 Å². The van der Waals surface area contributed by atoms with Crippen molar-refractivity contribution in [3.63, 3.8) is 0 Å². The minimum Gasteiger partial charge on any atom is -0.388 e. The third-order valence-electron chi connectivity index (χ3n) is 2.47. The first-order valence-corrected chi connectivity index (χ1v) is 5.80. The summed E-state index contributed by atoms with van der Waals surface area (Å²) in [6, 6.07) is 4.14. The average Bonchev–Trinajstić information content (AvgIpc) is 2.11. The maximum Gasteiger partial charge on any atom is 0.0792 e. The molecule has 0 amide bonds. The predicted octanol–water partition coefficient (Wildman–Crippen LogP) is 3.90. The van der Waals surface area contributed by atoms with Crippen LogP contribution in [-0.2, 0) is 0 Å². The molecule has 1 aromatic rings. The lowest BCUT2D eigenvalue weighted by atomic mass is 9.98. The zero-order valence-electron chi connectivity index (χ0n) is 8.97. The first-order valence-electron chi connectivity index (χ1n) is 5.01. The summed E-state index contributed by atoms with van der Waals surface area (Å²) >= 11 is 3.49. The van der Waals surface area contributed by atoms with Crippen LogP contribution in [0.4, 0.5) is 0 Å². The maximum atomic E-state index is 9.90. The van der Waals surface area contributed by atoms with Crippen LogP contribution in [0.1, 0.15) is 42.6 Å². The summed E-state index contributed by atoms with van der Waals surface area (Å²) in [5, 5.41) is 9.90. The fourth-order valence-corrected chi connectivity index (χ4v) is 2.05. The van der Waals surface area contributed by atoms with Gasteiger partial charge in [0.1, 0.15) is 0 Å². The Morgan fingerprint density at radius 1 is 1.29 bits per heavy atom. The van der Waals surface area contributed by atoms with E-state index in [4.69, 9.17) is 0 Å². The van der Waals surface area contributed by atoms with Gasteiger partial charge in [-0.15, -0.1) is 0 Å². The van der Waals surface area contributed by atoms with Crippen LogP contribution in [0.15, 0.2) is 16.6 Å². The van der Waals surface area contributed by atoms with Gasteiger partial charge in [0.25, 0.3) is 0 Å². The van der Waals surface area contributed by atoms with Crippen LogP contribution in [0.2, 0.25) is 0 Å². The van der Waals surface area contributed by atoms with E-state index in [1.807, 2.05) is 13.8 Å². The van der Waals surface area contributed by atoms with Crippen LogP contribution in [-0.4, -0.2) is 5.11 Å². The standard InChI is InChI=1S/C12H17BrO/c1-4-5-12(14)10-6-9(3)11(13)7-8(10)2/h6-7,12,14H,4-5H2,1-3H3. The third kappa shape index (κ3) is 2.58. The van der Waals surface area contributed by atoms with Crippen molar-refractivity contribution >= 4 is 15.9 Å².